The van der Waals surface area contributed by atoms with E-state index in [0.29, 0.717) is 12.2 Å². The molecule has 6 nitrogen and oxygen atoms in total. The molecule has 0 amide bonds. The normalized spacial score (nSPS) is 16.7. The Morgan fingerprint density at radius 1 is 1.30 bits per heavy atom. The van der Waals surface area contributed by atoms with Gasteiger partial charge in [0.25, 0.3) is 0 Å². The molecule has 6 heteroatoms. The number of allylic oxidation sites excluding steroid dienone is 1. The summed E-state index contributed by atoms with van der Waals surface area (Å²) in [6.45, 7) is 4.25. The second-order valence-electron chi connectivity index (χ2n) is 5.40. The number of carbonyl (C=O) groups excluding carboxylic acids is 1. The lowest BCUT2D eigenvalue weighted by molar-refractivity contribution is -0.138. The van der Waals surface area contributed by atoms with Gasteiger partial charge in [-0.1, -0.05) is 13.3 Å². The van der Waals surface area contributed by atoms with Crippen molar-refractivity contribution < 1.29 is 9.53 Å². The van der Waals surface area contributed by atoms with Gasteiger partial charge in [0.05, 0.1) is 18.4 Å². The van der Waals surface area contributed by atoms with Crippen molar-refractivity contribution in [3.63, 3.8) is 0 Å². The van der Waals surface area contributed by atoms with Gasteiger partial charge in [-0.2, -0.15) is 5.10 Å². The molecule has 1 aliphatic heterocycles. The molecule has 120 valence electrons. The molecule has 0 radical (unpaired) electrons. The summed E-state index contributed by atoms with van der Waals surface area (Å²) in [6.07, 6.45) is 6.93. The number of hydrogen-bond donors (Lipinski definition) is 2. The van der Waals surface area contributed by atoms with Crippen molar-refractivity contribution >= 4 is 11.8 Å². The predicted molar refractivity (Wildman–Crippen MR) is 86.9 cm³/mol. The molecule has 3 rings (SSSR count). The van der Waals surface area contributed by atoms with Crippen LogP contribution in [0, 0.1) is 0 Å². The fraction of sp³-hybridized carbons (Fsp3) is 0.353. The molecule has 0 saturated carbocycles. The van der Waals surface area contributed by atoms with Crippen LogP contribution in [0.1, 0.15) is 43.7 Å². The minimum absolute atomic E-state index is 0.200. The molecule has 23 heavy (non-hydrogen) atoms. The van der Waals surface area contributed by atoms with E-state index in [4.69, 9.17) is 4.74 Å². The fourth-order valence-corrected chi connectivity index (χ4v) is 2.96. The van der Waals surface area contributed by atoms with Gasteiger partial charge in [-0.3, -0.25) is 10.1 Å². The lowest BCUT2D eigenvalue weighted by Gasteiger charge is -2.28. The van der Waals surface area contributed by atoms with E-state index >= 15 is 0 Å². The third-order valence-corrected chi connectivity index (χ3v) is 3.90. The molecule has 0 spiro atoms. The second-order valence-corrected chi connectivity index (χ2v) is 5.40. The van der Waals surface area contributed by atoms with Gasteiger partial charge in [0.2, 0.25) is 0 Å². The number of ether oxygens (including phenoxy) is 1. The maximum absolute atomic E-state index is 12.6. The quantitative estimate of drug-likeness (QED) is 0.830. The number of carbonyl (C=O) groups is 1. The first-order valence-corrected chi connectivity index (χ1v) is 7.86. The van der Waals surface area contributed by atoms with E-state index in [1.54, 1.807) is 18.6 Å². The number of rotatable bonds is 5. The zero-order valence-corrected chi connectivity index (χ0v) is 13.3. The number of nitrogens with one attached hydrogen (secondary N) is 2. The molecular formula is C17H20N4O2. The highest BCUT2D eigenvalue weighted by Crippen LogP contribution is 2.42. The zero-order chi connectivity index (χ0) is 16.2. The number of aromatic amines is 1. The van der Waals surface area contributed by atoms with E-state index in [1.165, 1.54) is 0 Å². The monoisotopic (exact) mass is 312 g/mol. The van der Waals surface area contributed by atoms with E-state index in [2.05, 4.69) is 27.4 Å². The highest BCUT2D eigenvalue weighted by atomic mass is 16.5. The third-order valence-electron chi connectivity index (χ3n) is 3.90. The van der Waals surface area contributed by atoms with Crippen LogP contribution in [0.4, 0.5) is 5.82 Å². The molecular weight excluding hydrogens is 292 g/mol. The van der Waals surface area contributed by atoms with E-state index in [0.717, 1.165) is 35.5 Å². The average Bonchev–Trinajstić information content (AvgIpc) is 3.03. The van der Waals surface area contributed by atoms with Crippen LogP contribution in [0.3, 0.4) is 0 Å². The highest BCUT2D eigenvalue weighted by Gasteiger charge is 2.35. The number of nitrogens with zero attached hydrogens (tertiary/aromatic N) is 2. The van der Waals surface area contributed by atoms with Crippen LogP contribution in [-0.2, 0) is 9.53 Å². The Bertz CT molecular complexity index is 721. The molecule has 1 atom stereocenters. The first-order valence-electron chi connectivity index (χ1n) is 7.86. The van der Waals surface area contributed by atoms with Crippen LogP contribution < -0.4 is 5.32 Å². The topological polar surface area (TPSA) is 79.9 Å². The Kier molecular flexibility index (Phi) is 4.41. The Morgan fingerprint density at radius 2 is 2.09 bits per heavy atom. The smallest absolute Gasteiger partial charge is 0.336 e. The van der Waals surface area contributed by atoms with E-state index < -0.39 is 0 Å². The van der Waals surface area contributed by atoms with Gasteiger partial charge in [0.1, 0.15) is 5.82 Å². The van der Waals surface area contributed by atoms with Crippen LogP contribution in [0.15, 0.2) is 42.0 Å². The number of pyridine rings is 1. The number of hydrogen-bond acceptors (Lipinski definition) is 5. The van der Waals surface area contributed by atoms with Crippen LogP contribution in [0.5, 0.6) is 0 Å². The minimum Gasteiger partial charge on any atom is -0.463 e. The summed E-state index contributed by atoms with van der Waals surface area (Å²) in [5.41, 5.74) is 3.50. The van der Waals surface area contributed by atoms with Crippen molar-refractivity contribution in [1.29, 1.82) is 0 Å². The Balaban J connectivity index is 2.15. The molecule has 1 unspecified atom stereocenters. The minimum atomic E-state index is -0.280. The first kappa shape index (κ1) is 15.3. The fourth-order valence-electron chi connectivity index (χ4n) is 2.96. The standard InChI is InChI=1S/C17H20N4O2/c1-3-5-13-15(17(22)23-4-2)14(11-6-8-18-9-7-11)12-10-19-21-16(12)20-13/h6-10,14H,3-5H2,1-2H3,(H2,19,20,21). The van der Waals surface area contributed by atoms with Crippen molar-refractivity contribution in [2.75, 3.05) is 11.9 Å². The van der Waals surface area contributed by atoms with Crippen molar-refractivity contribution in [3.8, 4) is 0 Å². The summed E-state index contributed by atoms with van der Waals surface area (Å²) >= 11 is 0. The van der Waals surface area contributed by atoms with Gasteiger partial charge < -0.3 is 10.1 Å². The van der Waals surface area contributed by atoms with Gasteiger partial charge in [-0.05, 0) is 31.0 Å². The van der Waals surface area contributed by atoms with E-state index in [-0.39, 0.29) is 11.9 Å². The van der Waals surface area contributed by atoms with Gasteiger partial charge in [-0.15, -0.1) is 0 Å². The molecule has 2 aromatic heterocycles. The number of esters is 1. The lowest BCUT2D eigenvalue weighted by Crippen LogP contribution is -2.25. The van der Waals surface area contributed by atoms with Crippen molar-refractivity contribution in [2.24, 2.45) is 0 Å². The molecule has 3 heterocycles. The van der Waals surface area contributed by atoms with Gasteiger partial charge in [0, 0.05) is 29.6 Å². The summed E-state index contributed by atoms with van der Waals surface area (Å²) in [4.78, 5) is 16.7. The molecule has 1 aliphatic rings. The van der Waals surface area contributed by atoms with Crippen LogP contribution >= 0.6 is 0 Å². The Labute approximate surface area is 135 Å². The number of H-pyrrole nitrogens is 1. The van der Waals surface area contributed by atoms with E-state index in [1.807, 2.05) is 19.1 Å². The van der Waals surface area contributed by atoms with Crippen LogP contribution in [0.2, 0.25) is 0 Å². The Morgan fingerprint density at radius 3 is 2.78 bits per heavy atom. The zero-order valence-electron chi connectivity index (χ0n) is 13.3. The van der Waals surface area contributed by atoms with E-state index in [9.17, 15) is 4.79 Å². The molecule has 0 aliphatic carbocycles. The van der Waals surface area contributed by atoms with Gasteiger partial charge in [0.15, 0.2) is 0 Å². The third kappa shape index (κ3) is 2.84. The summed E-state index contributed by atoms with van der Waals surface area (Å²) in [5, 5.41) is 10.4. The molecule has 0 aromatic carbocycles. The number of fused-ring (bicyclic) bond motifs is 1. The maximum atomic E-state index is 12.6. The first-order chi connectivity index (χ1) is 11.3. The molecule has 0 saturated heterocycles. The van der Waals surface area contributed by atoms with Crippen LogP contribution in [0.25, 0.3) is 0 Å². The van der Waals surface area contributed by atoms with Crippen molar-refractivity contribution in [1.82, 2.24) is 15.2 Å². The van der Waals surface area contributed by atoms with Gasteiger partial charge in [-0.25, -0.2) is 4.79 Å². The van der Waals surface area contributed by atoms with Gasteiger partial charge >= 0.3 is 5.97 Å². The molecule has 0 bridgehead atoms. The second kappa shape index (κ2) is 6.64. The molecule has 2 aromatic rings. The summed E-state index contributed by atoms with van der Waals surface area (Å²) in [6, 6.07) is 3.85. The van der Waals surface area contributed by atoms with Crippen molar-refractivity contribution in [2.45, 2.75) is 32.6 Å². The average molecular weight is 312 g/mol. The molecule has 2 N–H and O–H groups in total. The largest absolute Gasteiger partial charge is 0.463 e. The SMILES string of the molecule is CCCC1=C(C(=O)OCC)C(c2ccncc2)c2cn[nH]c2N1. The summed E-state index contributed by atoms with van der Waals surface area (Å²) in [7, 11) is 0. The summed E-state index contributed by atoms with van der Waals surface area (Å²) in [5.74, 6) is 0.356. The molecule has 0 fully saturated rings. The summed E-state index contributed by atoms with van der Waals surface area (Å²) < 4.78 is 5.32. The number of anilines is 1. The lowest BCUT2D eigenvalue weighted by atomic mass is 9.82. The van der Waals surface area contributed by atoms with Crippen LogP contribution in [-0.4, -0.2) is 27.8 Å². The highest BCUT2D eigenvalue weighted by molar-refractivity contribution is 5.94. The maximum Gasteiger partial charge on any atom is 0.336 e. The number of aromatic nitrogens is 3. The Hall–Kier alpha value is -2.63. The van der Waals surface area contributed by atoms with Crippen molar-refractivity contribution in [3.05, 3.63) is 53.1 Å². The predicted octanol–water partition coefficient (Wildman–Crippen LogP) is 2.98.